The Morgan fingerprint density at radius 3 is 2.35 bits per heavy atom. The average Bonchev–Trinajstić information content (AvgIpc) is 2.30. The Labute approximate surface area is 103 Å². The molecule has 98 valence electrons. The topological polar surface area (TPSA) is 72.2 Å². The molecule has 3 N–H and O–H groups in total. The minimum atomic E-state index is -0.351. The quantitative estimate of drug-likeness (QED) is 0.713. The minimum absolute atomic E-state index is 0.0466. The van der Waals surface area contributed by atoms with Crippen LogP contribution in [0.3, 0.4) is 0 Å². The van der Waals surface area contributed by atoms with Crippen LogP contribution in [0.2, 0.25) is 0 Å². The van der Waals surface area contributed by atoms with Gasteiger partial charge in [-0.05, 0) is 12.3 Å². The third-order valence-corrected chi connectivity index (χ3v) is 3.51. The highest BCUT2D eigenvalue weighted by atomic mass is 16.2. The van der Waals surface area contributed by atoms with Crippen molar-refractivity contribution in [1.82, 2.24) is 5.32 Å². The number of hydrogen-bond donors (Lipinski definition) is 2. The summed E-state index contributed by atoms with van der Waals surface area (Å²) >= 11 is 0. The zero-order valence-corrected chi connectivity index (χ0v) is 10.5. The lowest BCUT2D eigenvalue weighted by Crippen LogP contribution is -2.40. The van der Waals surface area contributed by atoms with Crippen LogP contribution in [0.25, 0.3) is 0 Å². The Hall–Kier alpha value is -0.900. The van der Waals surface area contributed by atoms with Gasteiger partial charge in [0.05, 0.1) is 12.6 Å². The third kappa shape index (κ3) is 5.82. The van der Waals surface area contributed by atoms with Crippen molar-refractivity contribution in [1.29, 1.82) is 0 Å². The number of carbonyl (C=O) groups excluding carboxylic acids is 2. The van der Waals surface area contributed by atoms with E-state index in [1.165, 1.54) is 44.9 Å². The third-order valence-electron chi connectivity index (χ3n) is 3.51. The number of nitrogens with two attached hydrogens (primary N) is 1. The van der Waals surface area contributed by atoms with Crippen LogP contribution in [0.5, 0.6) is 0 Å². The summed E-state index contributed by atoms with van der Waals surface area (Å²) in [5, 5.41) is 2.67. The molecule has 0 saturated heterocycles. The van der Waals surface area contributed by atoms with Crippen LogP contribution in [0.15, 0.2) is 0 Å². The zero-order valence-electron chi connectivity index (χ0n) is 10.5. The maximum absolute atomic E-state index is 11.2. The molecule has 17 heavy (non-hydrogen) atoms. The lowest BCUT2D eigenvalue weighted by Gasteiger charge is -2.22. The Kier molecular flexibility index (Phi) is 6.86. The zero-order chi connectivity index (χ0) is 12.5. The molecule has 0 spiro atoms. The van der Waals surface area contributed by atoms with Gasteiger partial charge in [-0.15, -0.1) is 0 Å². The van der Waals surface area contributed by atoms with Crippen LogP contribution in [0.4, 0.5) is 0 Å². The summed E-state index contributed by atoms with van der Waals surface area (Å²) in [6, 6.07) is -0.351. The van der Waals surface area contributed by atoms with Crippen LogP contribution in [0, 0.1) is 5.92 Å². The van der Waals surface area contributed by atoms with Crippen LogP contribution in [0.1, 0.15) is 51.4 Å². The van der Waals surface area contributed by atoms with E-state index in [0.717, 1.165) is 12.7 Å². The summed E-state index contributed by atoms with van der Waals surface area (Å²) < 4.78 is 0. The second-order valence-corrected chi connectivity index (χ2v) is 4.96. The minimum Gasteiger partial charge on any atom is -0.345 e. The van der Waals surface area contributed by atoms with Crippen molar-refractivity contribution in [2.24, 2.45) is 11.7 Å². The smallest absolute Gasteiger partial charge is 0.234 e. The molecule has 1 aliphatic rings. The molecule has 0 aromatic heterocycles. The molecule has 1 rings (SSSR count). The van der Waals surface area contributed by atoms with E-state index in [4.69, 9.17) is 5.73 Å². The van der Waals surface area contributed by atoms with E-state index >= 15 is 0 Å². The Bertz CT molecular complexity index is 236. The van der Waals surface area contributed by atoms with Gasteiger partial charge in [0, 0.05) is 0 Å². The molecule has 1 amide bonds. The molecule has 4 nitrogen and oxygen atoms in total. The Balaban J connectivity index is 2.36. The van der Waals surface area contributed by atoms with Crippen molar-refractivity contribution in [3.63, 3.8) is 0 Å². The molecule has 0 bridgehead atoms. The van der Waals surface area contributed by atoms with Gasteiger partial charge < -0.3 is 15.8 Å². The predicted octanol–water partition coefficient (Wildman–Crippen LogP) is 1.38. The molecule has 1 saturated carbocycles. The van der Waals surface area contributed by atoms with Crippen molar-refractivity contribution < 1.29 is 9.59 Å². The van der Waals surface area contributed by atoms with Gasteiger partial charge in [0.1, 0.15) is 6.29 Å². The molecule has 1 fully saturated rings. The van der Waals surface area contributed by atoms with Gasteiger partial charge in [0.2, 0.25) is 5.91 Å². The summed E-state index contributed by atoms with van der Waals surface area (Å²) in [7, 11) is 0. The summed E-state index contributed by atoms with van der Waals surface area (Å²) in [4.78, 5) is 22.1. The molecule has 0 aromatic rings. The summed E-state index contributed by atoms with van der Waals surface area (Å²) in [5.41, 5.74) is 5.23. The van der Waals surface area contributed by atoms with Gasteiger partial charge >= 0.3 is 0 Å². The van der Waals surface area contributed by atoms with Crippen LogP contribution in [-0.2, 0) is 9.59 Å². The number of nitrogens with one attached hydrogen (secondary N) is 1. The van der Waals surface area contributed by atoms with Crippen LogP contribution < -0.4 is 11.1 Å². The molecular weight excluding hydrogens is 216 g/mol. The number of rotatable bonds is 5. The van der Waals surface area contributed by atoms with E-state index in [1.807, 2.05) is 0 Å². The first-order valence-corrected chi connectivity index (χ1v) is 6.71. The first kappa shape index (κ1) is 14.2. The fraction of sp³-hybridized carbons (Fsp3) is 0.846. The van der Waals surface area contributed by atoms with Gasteiger partial charge in [-0.3, -0.25) is 4.79 Å². The van der Waals surface area contributed by atoms with Crippen molar-refractivity contribution in [2.45, 2.75) is 57.4 Å². The molecule has 0 aromatic carbocycles. The predicted molar refractivity (Wildman–Crippen MR) is 67.5 cm³/mol. The number of amides is 1. The van der Waals surface area contributed by atoms with Gasteiger partial charge in [0.25, 0.3) is 0 Å². The number of hydrogen-bond acceptors (Lipinski definition) is 3. The fourth-order valence-electron chi connectivity index (χ4n) is 2.55. The SMILES string of the molecule is NCC(=O)NC(C=O)CC1CCCCCCC1. The maximum atomic E-state index is 11.2. The number of aldehydes is 1. The first-order valence-electron chi connectivity index (χ1n) is 6.71. The van der Waals surface area contributed by atoms with Crippen molar-refractivity contribution in [3.8, 4) is 0 Å². The average molecular weight is 240 g/mol. The van der Waals surface area contributed by atoms with Crippen LogP contribution in [-0.4, -0.2) is 24.8 Å². The monoisotopic (exact) mass is 240 g/mol. The van der Waals surface area contributed by atoms with Crippen molar-refractivity contribution in [2.75, 3.05) is 6.54 Å². The van der Waals surface area contributed by atoms with E-state index in [9.17, 15) is 9.59 Å². The normalized spacial score (nSPS) is 20.1. The van der Waals surface area contributed by atoms with Gasteiger partial charge in [-0.25, -0.2) is 0 Å². The van der Waals surface area contributed by atoms with Crippen LogP contribution >= 0.6 is 0 Å². The van der Waals surface area contributed by atoms with E-state index in [1.54, 1.807) is 0 Å². The Morgan fingerprint density at radius 1 is 1.24 bits per heavy atom. The van der Waals surface area contributed by atoms with Crippen molar-refractivity contribution in [3.05, 3.63) is 0 Å². The molecule has 1 atom stereocenters. The highest BCUT2D eigenvalue weighted by Gasteiger charge is 2.18. The molecular formula is C13H24N2O2. The van der Waals surface area contributed by atoms with Gasteiger partial charge in [-0.2, -0.15) is 0 Å². The van der Waals surface area contributed by atoms with Crippen molar-refractivity contribution >= 4 is 12.2 Å². The van der Waals surface area contributed by atoms with E-state index in [0.29, 0.717) is 5.92 Å². The maximum Gasteiger partial charge on any atom is 0.234 e. The molecule has 0 radical (unpaired) electrons. The highest BCUT2D eigenvalue weighted by molar-refractivity contribution is 5.81. The molecule has 1 unspecified atom stereocenters. The largest absolute Gasteiger partial charge is 0.345 e. The molecule has 0 aliphatic heterocycles. The number of carbonyl (C=O) groups is 2. The lowest BCUT2D eigenvalue weighted by molar-refractivity contribution is -0.123. The Morgan fingerprint density at radius 2 is 1.82 bits per heavy atom. The van der Waals surface area contributed by atoms with E-state index < -0.39 is 0 Å². The van der Waals surface area contributed by atoms with Gasteiger partial charge in [-0.1, -0.05) is 44.9 Å². The second kappa shape index (κ2) is 8.23. The molecule has 0 heterocycles. The summed E-state index contributed by atoms with van der Waals surface area (Å²) in [6.07, 6.45) is 10.4. The molecule has 1 aliphatic carbocycles. The standard InChI is InChI=1S/C13H24N2O2/c14-9-13(17)15-12(10-16)8-11-6-4-2-1-3-5-7-11/h10-12H,1-9,14H2,(H,15,17). The van der Waals surface area contributed by atoms with E-state index in [-0.39, 0.29) is 18.5 Å². The molecule has 4 heteroatoms. The van der Waals surface area contributed by atoms with Gasteiger partial charge in [0.15, 0.2) is 0 Å². The second-order valence-electron chi connectivity index (χ2n) is 4.96. The lowest BCUT2D eigenvalue weighted by atomic mass is 9.87. The van der Waals surface area contributed by atoms with E-state index in [2.05, 4.69) is 5.32 Å². The summed E-state index contributed by atoms with van der Waals surface area (Å²) in [5.74, 6) is 0.330. The fourth-order valence-corrected chi connectivity index (χ4v) is 2.55. The highest BCUT2D eigenvalue weighted by Crippen LogP contribution is 2.25. The summed E-state index contributed by atoms with van der Waals surface area (Å²) in [6.45, 7) is -0.0466. The first-order chi connectivity index (χ1) is 8.26.